The Morgan fingerprint density at radius 1 is 1.23 bits per heavy atom. The zero-order chi connectivity index (χ0) is 18.3. The van der Waals surface area contributed by atoms with Crippen molar-refractivity contribution in [1.82, 2.24) is 20.3 Å². The van der Waals surface area contributed by atoms with Gasteiger partial charge in [-0.1, -0.05) is 30.3 Å². The van der Waals surface area contributed by atoms with Crippen molar-refractivity contribution in [3.8, 4) is 0 Å². The van der Waals surface area contributed by atoms with Gasteiger partial charge in [0.2, 0.25) is 5.13 Å². The van der Waals surface area contributed by atoms with Gasteiger partial charge >= 0.3 is 6.01 Å². The molecule has 4 rings (SSSR count). The number of hydrogen-bond acceptors (Lipinski definition) is 9. The predicted octanol–water partition coefficient (Wildman–Crippen LogP) is 2.21. The fourth-order valence-corrected chi connectivity index (χ4v) is 4.73. The Balaban J connectivity index is 1.44. The minimum atomic E-state index is -0.324. The maximum Gasteiger partial charge on any atom is 0.324 e. The molecule has 0 amide bonds. The van der Waals surface area contributed by atoms with E-state index in [2.05, 4.69) is 44.0 Å². The van der Waals surface area contributed by atoms with Gasteiger partial charge in [0.15, 0.2) is 5.82 Å². The van der Waals surface area contributed by atoms with E-state index in [0.29, 0.717) is 12.6 Å². The van der Waals surface area contributed by atoms with Crippen molar-refractivity contribution in [1.29, 1.82) is 0 Å². The number of aliphatic hydroxyl groups is 1. The summed E-state index contributed by atoms with van der Waals surface area (Å²) >= 11 is 1.60. The van der Waals surface area contributed by atoms with Gasteiger partial charge < -0.3 is 19.4 Å². The van der Waals surface area contributed by atoms with Crippen molar-refractivity contribution in [2.24, 2.45) is 5.41 Å². The molecule has 0 radical (unpaired) electrons. The molecule has 1 spiro atoms. The monoisotopic (exact) mass is 378 g/mol. The van der Waals surface area contributed by atoms with Gasteiger partial charge in [-0.3, -0.25) is 0 Å². The van der Waals surface area contributed by atoms with Gasteiger partial charge in [0.1, 0.15) is 5.01 Å². The molecule has 2 aliphatic heterocycles. The molecule has 0 bridgehead atoms. The summed E-state index contributed by atoms with van der Waals surface area (Å²) in [6.45, 7) is 9.39. The number of rotatable bonds is 3. The van der Waals surface area contributed by atoms with E-state index in [-0.39, 0.29) is 17.4 Å². The van der Waals surface area contributed by atoms with Crippen LogP contribution in [-0.4, -0.2) is 57.7 Å². The second-order valence-corrected chi connectivity index (χ2v) is 9.08. The average Bonchev–Trinajstić information content (AvgIpc) is 3.24. The minimum absolute atomic E-state index is 0.106. The number of piperidine rings is 2. The summed E-state index contributed by atoms with van der Waals surface area (Å²) in [5, 5.41) is 24.8. The molecule has 1 N–H and O–H groups in total. The van der Waals surface area contributed by atoms with Crippen molar-refractivity contribution in [2.75, 3.05) is 36.0 Å². The van der Waals surface area contributed by atoms with E-state index in [1.807, 2.05) is 6.92 Å². The lowest BCUT2D eigenvalue weighted by atomic mass is 9.72. The van der Waals surface area contributed by atoms with Crippen LogP contribution in [0.3, 0.4) is 0 Å². The molecule has 2 aliphatic rings. The number of aromatic nitrogens is 4. The lowest BCUT2D eigenvalue weighted by Gasteiger charge is -2.48. The van der Waals surface area contributed by atoms with Gasteiger partial charge in [0, 0.05) is 32.1 Å². The average molecular weight is 379 g/mol. The van der Waals surface area contributed by atoms with E-state index in [1.165, 1.54) is 0 Å². The highest BCUT2D eigenvalue weighted by Crippen LogP contribution is 2.42. The second kappa shape index (κ2) is 6.77. The maximum absolute atomic E-state index is 10.5. The molecular weight excluding hydrogens is 352 g/mol. The van der Waals surface area contributed by atoms with Crippen molar-refractivity contribution >= 4 is 22.5 Å². The third kappa shape index (κ3) is 3.42. The molecule has 4 heterocycles. The van der Waals surface area contributed by atoms with Crippen LogP contribution in [0, 0.1) is 12.3 Å². The van der Waals surface area contributed by atoms with Crippen molar-refractivity contribution in [2.45, 2.75) is 52.1 Å². The van der Waals surface area contributed by atoms with Crippen LogP contribution in [0.4, 0.5) is 11.1 Å². The molecule has 2 aromatic rings. The molecule has 2 fully saturated rings. The molecule has 2 aromatic heterocycles. The highest BCUT2D eigenvalue weighted by molar-refractivity contribution is 7.15. The quantitative estimate of drug-likeness (QED) is 0.869. The molecule has 142 valence electrons. The topological polar surface area (TPSA) is 91.4 Å². The van der Waals surface area contributed by atoms with Crippen molar-refractivity contribution in [3.05, 3.63) is 10.8 Å². The molecule has 0 aliphatic carbocycles. The van der Waals surface area contributed by atoms with Gasteiger partial charge in [0.05, 0.1) is 6.10 Å². The van der Waals surface area contributed by atoms with Crippen LogP contribution in [-0.2, 0) is 0 Å². The lowest BCUT2D eigenvalue weighted by molar-refractivity contribution is 0.0591. The number of aliphatic hydroxyl groups excluding tert-OH is 1. The minimum Gasteiger partial charge on any atom is -0.391 e. The van der Waals surface area contributed by atoms with E-state index in [9.17, 15) is 5.11 Å². The summed E-state index contributed by atoms with van der Waals surface area (Å²) in [7, 11) is 0. The van der Waals surface area contributed by atoms with E-state index in [0.717, 1.165) is 54.9 Å². The van der Waals surface area contributed by atoms with Gasteiger partial charge in [-0.15, -0.1) is 10.2 Å². The zero-order valence-electron chi connectivity index (χ0n) is 15.6. The highest BCUT2D eigenvalue weighted by Gasteiger charge is 2.43. The Hall–Kier alpha value is -1.74. The third-order valence-electron chi connectivity index (χ3n) is 5.45. The number of β-amino-alcohol motifs (C(OH)–C–C–N with tert-alkyl or cyclic N) is 1. The van der Waals surface area contributed by atoms with Crippen LogP contribution in [0.25, 0.3) is 0 Å². The molecule has 0 aromatic carbocycles. The largest absolute Gasteiger partial charge is 0.391 e. The number of hydrogen-bond donors (Lipinski definition) is 1. The standard InChI is InChI=1S/C17H26N6O2S/c1-11(2)14-18-15(25-21-14)22-6-4-17(5-7-22)8-13(24)9-23(10-17)16-20-19-12(3)26-16/h11,13,24H,4-10H2,1-3H3. The molecular formula is C17H26N6O2S. The number of aryl methyl sites for hydroxylation is 1. The first kappa shape index (κ1) is 17.7. The summed E-state index contributed by atoms with van der Waals surface area (Å²) in [5.41, 5.74) is 0.106. The van der Waals surface area contributed by atoms with Crippen molar-refractivity contribution in [3.63, 3.8) is 0 Å². The van der Waals surface area contributed by atoms with Crippen LogP contribution in [0.2, 0.25) is 0 Å². The fourth-order valence-electron chi connectivity index (χ4n) is 4.04. The summed E-state index contributed by atoms with van der Waals surface area (Å²) in [6.07, 6.45) is 2.52. The molecule has 8 nitrogen and oxygen atoms in total. The Bertz CT molecular complexity index is 752. The second-order valence-electron chi connectivity index (χ2n) is 7.92. The molecule has 26 heavy (non-hydrogen) atoms. The van der Waals surface area contributed by atoms with Gasteiger partial charge in [-0.25, -0.2) is 0 Å². The van der Waals surface area contributed by atoms with E-state index in [4.69, 9.17) is 4.52 Å². The SMILES string of the molecule is Cc1nnc(N2CC(O)CC3(CCN(c4nc(C(C)C)no4)CC3)C2)s1. The lowest BCUT2D eigenvalue weighted by Crippen LogP contribution is -2.54. The van der Waals surface area contributed by atoms with Crippen LogP contribution >= 0.6 is 11.3 Å². The fraction of sp³-hybridized carbons (Fsp3) is 0.765. The molecule has 9 heteroatoms. The molecule has 2 saturated heterocycles. The van der Waals surface area contributed by atoms with Crippen LogP contribution in [0.1, 0.15) is 49.9 Å². The number of anilines is 2. The Labute approximate surface area is 157 Å². The zero-order valence-corrected chi connectivity index (χ0v) is 16.4. The van der Waals surface area contributed by atoms with Crippen molar-refractivity contribution < 1.29 is 9.63 Å². The summed E-state index contributed by atoms with van der Waals surface area (Å²) < 4.78 is 5.44. The van der Waals surface area contributed by atoms with E-state index in [1.54, 1.807) is 11.3 Å². The maximum atomic E-state index is 10.5. The van der Waals surface area contributed by atoms with Crippen LogP contribution in [0.15, 0.2) is 4.52 Å². The molecule has 0 saturated carbocycles. The number of nitrogens with zero attached hydrogens (tertiary/aromatic N) is 6. The normalized spacial score (nSPS) is 23.2. The Kier molecular flexibility index (Phi) is 4.60. The van der Waals surface area contributed by atoms with Gasteiger partial charge in [-0.05, 0) is 31.6 Å². The smallest absolute Gasteiger partial charge is 0.324 e. The molecule has 1 unspecified atom stereocenters. The first-order valence-corrected chi connectivity index (χ1v) is 10.1. The van der Waals surface area contributed by atoms with Crippen LogP contribution < -0.4 is 9.80 Å². The first-order chi connectivity index (χ1) is 12.4. The van der Waals surface area contributed by atoms with Gasteiger partial charge in [0.25, 0.3) is 0 Å². The molecule has 1 atom stereocenters. The summed E-state index contributed by atoms with van der Waals surface area (Å²) in [4.78, 5) is 8.90. The Morgan fingerprint density at radius 2 is 2.00 bits per heavy atom. The summed E-state index contributed by atoms with van der Waals surface area (Å²) in [6, 6.07) is 0.622. The highest BCUT2D eigenvalue weighted by atomic mass is 32.1. The van der Waals surface area contributed by atoms with E-state index >= 15 is 0 Å². The van der Waals surface area contributed by atoms with Gasteiger partial charge in [-0.2, -0.15) is 4.98 Å². The van der Waals surface area contributed by atoms with E-state index < -0.39 is 0 Å². The Morgan fingerprint density at radius 3 is 2.62 bits per heavy atom. The first-order valence-electron chi connectivity index (χ1n) is 9.26. The predicted molar refractivity (Wildman–Crippen MR) is 99.7 cm³/mol. The summed E-state index contributed by atoms with van der Waals surface area (Å²) in [5.74, 6) is 1.02. The van der Waals surface area contributed by atoms with Crippen LogP contribution in [0.5, 0.6) is 0 Å². The third-order valence-corrected chi connectivity index (χ3v) is 6.35.